The standard InChI is InChI=1S/C11H16O.C9H9F3.C9H9FO.C9H10N2.3C9H9NO.C8H11NO2S/c1-8(2)12-11-6-5-9(3)7-10(11)4;1-6-3-4-7(2)8(5-6)9(10,11)12;1-6-3-4-8(7(2)11)9(10)5-6;1-6-3-4-8-7(2)10-11-9(8)5-6;1-6-3-4-8-9(5-6)11-7(2)10-8;1-6-2-3-8-7(4-6)5-10-9(8)11;1-6-2-3-7-5-10-9(11)8(7)4-6;1-7-4-3-5-8(6-7)9-12(2,10)11/h5-8H,1-4H3;3-5H,1-2H3;3-5H,1-2H3;3-5H,1-2H3,(H,10,11);3-5H,1-2H3;2*2-4H,5H2,1H3,(H,10,11);3-6,9H,1-2H3. The lowest BCUT2D eigenvalue weighted by Crippen LogP contribution is -2.12. The van der Waals surface area contributed by atoms with E-state index in [-0.39, 0.29) is 34.8 Å². The molecule has 0 spiro atoms. The Bertz CT molecular complexity index is 4250. The van der Waals surface area contributed by atoms with Crippen molar-refractivity contribution < 1.29 is 49.5 Å². The number of aromatic amines is 1. The first-order valence-corrected chi connectivity index (χ1v) is 31.3. The Balaban J connectivity index is 0.000000189. The van der Waals surface area contributed by atoms with E-state index in [4.69, 9.17) is 9.15 Å². The lowest BCUT2D eigenvalue weighted by molar-refractivity contribution is -0.138. The number of halogens is 4. The summed E-state index contributed by atoms with van der Waals surface area (Å²) < 4.78 is 84.5. The van der Waals surface area contributed by atoms with Gasteiger partial charge in [-0.05, 0) is 208 Å². The van der Waals surface area contributed by atoms with E-state index >= 15 is 0 Å². The number of benzene rings is 8. The fourth-order valence-corrected chi connectivity index (χ4v) is 9.70. The number of Topliss-reactive ketones (excluding diaryl/α,β-unsaturated/α-hetero) is 1. The number of anilines is 1. The zero-order valence-electron chi connectivity index (χ0n) is 54.6. The number of rotatable bonds is 5. The van der Waals surface area contributed by atoms with Crippen LogP contribution in [0.4, 0.5) is 23.2 Å². The SMILES string of the molecule is CC(=O)c1ccc(C)cc1F.Cc1ccc(C)c(C(F)(F)F)c1.Cc1ccc(OC(C)C)c(C)c1.Cc1ccc2c(C)[nH]nc2c1.Cc1ccc2c(c1)C(=O)NC2.Cc1ccc2c(c1)CNC2=O.Cc1ccc2nc(C)oc2c1.Cc1cccc(NS(C)(=O)=O)c1. The summed E-state index contributed by atoms with van der Waals surface area (Å²) in [5.74, 6) is 1.17. The molecule has 18 heteroatoms. The third-order valence-corrected chi connectivity index (χ3v) is 14.3. The Morgan fingerprint density at radius 3 is 1.77 bits per heavy atom. The largest absolute Gasteiger partial charge is 0.491 e. The number of amides is 2. The van der Waals surface area contributed by atoms with Gasteiger partial charge in [0.1, 0.15) is 17.1 Å². The summed E-state index contributed by atoms with van der Waals surface area (Å²) in [5, 5.41) is 13.9. The maximum absolute atomic E-state index is 12.9. The van der Waals surface area contributed by atoms with Crippen LogP contribution < -0.4 is 20.1 Å². The molecule has 0 saturated heterocycles. The zero-order chi connectivity index (χ0) is 67.5. The number of aromatic nitrogens is 3. The number of hydrogen-bond donors (Lipinski definition) is 4. The van der Waals surface area contributed by atoms with Crippen LogP contribution in [0.25, 0.3) is 22.0 Å². The maximum atomic E-state index is 12.9. The maximum Gasteiger partial charge on any atom is 0.416 e. The molecule has 2 aliphatic heterocycles. The lowest BCUT2D eigenvalue weighted by Gasteiger charge is -2.12. The second-order valence-electron chi connectivity index (χ2n) is 22.8. The first-order valence-electron chi connectivity index (χ1n) is 29.4. The monoisotopic (exact) mass is 1260 g/mol. The van der Waals surface area contributed by atoms with Crippen LogP contribution in [0.3, 0.4) is 0 Å². The predicted molar refractivity (Wildman–Crippen MR) is 357 cm³/mol. The summed E-state index contributed by atoms with van der Waals surface area (Å²) in [6.45, 7) is 29.8. The molecule has 91 heavy (non-hydrogen) atoms. The van der Waals surface area contributed by atoms with Gasteiger partial charge in [-0.15, -0.1) is 0 Å². The molecule has 4 N–H and O–H groups in total. The summed E-state index contributed by atoms with van der Waals surface area (Å²) in [4.78, 5) is 37.1. The number of carbonyl (C=O) groups excluding carboxylic acids is 3. The molecule has 0 saturated carbocycles. The molecule has 13 nitrogen and oxygen atoms in total. The van der Waals surface area contributed by atoms with Crippen molar-refractivity contribution in [3.8, 4) is 5.75 Å². The predicted octanol–water partition coefficient (Wildman–Crippen LogP) is 17.2. The summed E-state index contributed by atoms with van der Waals surface area (Å²) >= 11 is 0. The number of H-pyrrole nitrogens is 1. The smallest absolute Gasteiger partial charge is 0.416 e. The van der Waals surface area contributed by atoms with E-state index in [1.165, 1.54) is 65.3 Å². The van der Waals surface area contributed by atoms with E-state index in [2.05, 4.69) is 81.6 Å². The Hall–Kier alpha value is -9.42. The number of oxazole rings is 1. The van der Waals surface area contributed by atoms with Crippen LogP contribution in [-0.2, 0) is 29.3 Å². The van der Waals surface area contributed by atoms with Gasteiger partial charge in [-0.2, -0.15) is 18.3 Å². The number of alkyl halides is 3. The van der Waals surface area contributed by atoms with Gasteiger partial charge in [-0.1, -0.05) is 107 Å². The van der Waals surface area contributed by atoms with Crippen molar-refractivity contribution in [3.05, 3.63) is 258 Å². The molecule has 2 aromatic heterocycles. The van der Waals surface area contributed by atoms with Crippen LogP contribution in [-0.4, -0.2) is 53.6 Å². The number of ether oxygens (including phenoxy) is 1. The van der Waals surface area contributed by atoms with Crippen LogP contribution in [0.1, 0.15) is 136 Å². The first kappa shape index (κ1) is 72.3. The number of nitrogens with one attached hydrogen (secondary N) is 4. The molecule has 10 aromatic rings. The van der Waals surface area contributed by atoms with Crippen molar-refractivity contribution >= 4 is 55.3 Å². The molecule has 0 unspecified atom stereocenters. The van der Waals surface area contributed by atoms with Gasteiger partial charge in [0.25, 0.3) is 11.8 Å². The number of ketones is 1. The summed E-state index contributed by atoms with van der Waals surface area (Å²) in [7, 11) is -3.14. The lowest BCUT2D eigenvalue weighted by atomic mass is 10.1. The topological polar surface area (TPSA) is 185 Å². The fraction of sp³-hybridized carbons (Fsp3) is 0.274. The van der Waals surface area contributed by atoms with Gasteiger partial charge in [0, 0.05) is 47.9 Å². The molecule has 0 aliphatic carbocycles. The first-order chi connectivity index (χ1) is 42.6. The highest BCUT2D eigenvalue weighted by Crippen LogP contribution is 2.32. The summed E-state index contributed by atoms with van der Waals surface area (Å²) in [5.41, 5.74) is 18.2. The minimum Gasteiger partial charge on any atom is -0.491 e. The minimum atomic E-state index is -4.23. The van der Waals surface area contributed by atoms with Gasteiger partial charge in [0.2, 0.25) is 10.0 Å². The molecule has 2 amide bonds. The van der Waals surface area contributed by atoms with Crippen molar-refractivity contribution in [2.45, 2.75) is 129 Å². The third kappa shape index (κ3) is 23.5. The van der Waals surface area contributed by atoms with Gasteiger partial charge < -0.3 is 19.8 Å². The third-order valence-electron chi connectivity index (χ3n) is 13.7. The van der Waals surface area contributed by atoms with Gasteiger partial charge in [0.15, 0.2) is 17.3 Å². The molecule has 2 aliphatic rings. The highest BCUT2D eigenvalue weighted by atomic mass is 32.2. The van der Waals surface area contributed by atoms with E-state index in [0.717, 1.165) is 85.2 Å². The highest BCUT2D eigenvalue weighted by Gasteiger charge is 2.32. The van der Waals surface area contributed by atoms with Gasteiger partial charge in [-0.25, -0.2) is 17.8 Å². The van der Waals surface area contributed by atoms with Crippen LogP contribution >= 0.6 is 0 Å². The molecular formula is C73H82F4N6O7S. The van der Waals surface area contributed by atoms with Crippen molar-refractivity contribution in [2.24, 2.45) is 0 Å². The molecule has 480 valence electrons. The van der Waals surface area contributed by atoms with Crippen molar-refractivity contribution in [1.82, 2.24) is 25.8 Å². The second kappa shape index (κ2) is 32.9. The van der Waals surface area contributed by atoms with Crippen LogP contribution in [0.2, 0.25) is 0 Å². The van der Waals surface area contributed by atoms with Gasteiger partial charge in [0.05, 0.1) is 29.0 Å². The molecule has 0 bridgehead atoms. The number of fused-ring (bicyclic) bond motifs is 4. The van der Waals surface area contributed by atoms with Crippen molar-refractivity contribution in [1.29, 1.82) is 0 Å². The van der Waals surface area contributed by atoms with Crippen molar-refractivity contribution in [2.75, 3.05) is 11.0 Å². The van der Waals surface area contributed by atoms with E-state index in [9.17, 15) is 40.4 Å². The average Bonchev–Trinajstić information content (AvgIpc) is 3.15. The van der Waals surface area contributed by atoms with Crippen LogP contribution in [0.5, 0.6) is 5.75 Å². The molecular weight excluding hydrogens is 1180 g/mol. The highest BCUT2D eigenvalue weighted by molar-refractivity contribution is 7.92. The van der Waals surface area contributed by atoms with E-state index < -0.39 is 27.6 Å². The zero-order valence-corrected chi connectivity index (χ0v) is 55.4. The fourth-order valence-electron chi connectivity index (χ4n) is 9.15. The quantitative estimate of drug-likeness (QED) is 0.0961. The minimum absolute atomic E-state index is 0.0556. The van der Waals surface area contributed by atoms with Crippen LogP contribution in [0, 0.1) is 88.9 Å². The Kier molecular flexibility index (Phi) is 26.1. The van der Waals surface area contributed by atoms with E-state index in [1.54, 1.807) is 38.1 Å². The number of carbonyl (C=O) groups is 3. The van der Waals surface area contributed by atoms with Crippen molar-refractivity contribution in [3.63, 3.8) is 0 Å². The van der Waals surface area contributed by atoms with Gasteiger partial charge >= 0.3 is 6.18 Å². The van der Waals surface area contributed by atoms with Gasteiger partial charge in [-0.3, -0.25) is 24.2 Å². The normalized spacial score (nSPS) is 11.7. The Morgan fingerprint density at radius 2 is 1.14 bits per heavy atom. The molecule has 4 heterocycles. The summed E-state index contributed by atoms with van der Waals surface area (Å²) in [6.07, 6.45) is -2.84. The van der Waals surface area contributed by atoms with E-state index in [1.807, 2.05) is 128 Å². The number of nitrogens with zero attached hydrogens (tertiary/aromatic N) is 2. The number of aryl methyl sites for hydroxylation is 12. The van der Waals surface area contributed by atoms with Crippen LogP contribution in [0.15, 0.2) is 156 Å². The second-order valence-corrected chi connectivity index (χ2v) is 24.5. The molecule has 0 atom stereocenters. The molecule has 8 aromatic carbocycles. The van der Waals surface area contributed by atoms with E-state index in [0.29, 0.717) is 24.3 Å². The molecule has 12 rings (SSSR count). The Labute approximate surface area is 532 Å². The number of hydrogen-bond acceptors (Lipinski definition) is 9. The average molecular weight is 1260 g/mol. The number of sulfonamides is 1. The molecule has 0 radical (unpaired) electrons. The molecule has 0 fully saturated rings. The summed E-state index contributed by atoms with van der Waals surface area (Å²) in [6, 6.07) is 46.5. The Morgan fingerprint density at radius 1 is 0.593 bits per heavy atom.